The van der Waals surface area contributed by atoms with Crippen LogP contribution in [0.4, 0.5) is 5.69 Å². The second-order valence-electron chi connectivity index (χ2n) is 4.45. The molecule has 0 bridgehead atoms. The summed E-state index contributed by atoms with van der Waals surface area (Å²) in [4.78, 5) is 10.0. The molecule has 0 radical (unpaired) electrons. The first-order chi connectivity index (χ1) is 9.36. The maximum atomic E-state index is 12.4. The summed E-state index contributed by atoms with van der Waals surface area (Å²) < 4.78 is 30.9. The van der Waals surface area contributed by atoms with Gasteiger partial charge in [-0.05, 0) is 12.3 Å². The van der Waals surface area contributed by atoms with Crippen LogP contribution in [0, 0.1) is 16.0 Å². The van der Waals surface area contributed by atoms with E-state index in [1.54, 1.807) is 7.11 Å². The fourth-order valence-corrected chi connectivity index (χ4v) is 5.46. The third-order valence-electron chi connectivity index (χ3n) is 3.09. The number of thiophene rings is 1. The summed E-state index contributed by atoms with van der Waals surface area (Å²) >= 11 is 6.42. The lowest BCUT2D eigenvalue weighted by Gasteiger charge is -2.14. The van der Waals surface area contributed by atoms with Crippen LogP contribution < -0.4 is 0 Å². The van der Waals surface area contributed by atoms with Gasteiger partial charge in [-0.3, -0.25) is 10.1 Å². The summed E-state index contributed by atoms with van der Waals surface area (Å²) in [6.45, 7) is 1.25. The number of nitro groups is 1. The van der Waals surface area contributed by atoms with E-state index in [4.69, 9.17) is 16.3 Å². The summed E-state index contributed by atoms with van der Waals surface area (Å²) in [5.41, 5.74) is -0.372. The molecule has 1 aromatic heterocycles. The Kier molecular flexibility index (Phi) is 4.65. The van der Waals surface area contributed by atoms with Crippen LogP contribution in [-0.2, 0) is 14.8 Å². The molecular weight excluding hydrogens is 328 g/mol. The zero-order valence-electron chi connectivity index (χ0n) is 10.6. The van der Waals surface area contributed by atoms with Crippen molar-refractivity contribution in [2.45, 2.75) is 10.6 Å². The van der Waals surface area contributed by atoms with Crippen molar-refractivity contribution in [3.63, 3.8) is 0 Å². The number of nitrogens with zero attached hydrogens (tertiary/aromatic N) is 2. The molecule has 0 amide bonds. The normalized spacial score (nSPS) is 20.4. The van der Waals surface area contributed by atoms with Crippen molar-refractivity contribution in [1.82, 2.24) is 4.31 Å². The van der Waals surface area contributed by atoms with Crippen LogP contribution in [0.1, 0.15) is 6.42 Å². The number of hydrogen-bond acceptors (Lipinski definition) is 6. The number of hydrogen-bond donors (Lipinski definition) is 0. The Balaban J connectivity index is 2.23. The van der Waals surface area contributed by atoms with Gasteiger partial charge in [0, 0.05) is 26.3 Å². The fourth-order valence-electron chi connectivity index (χ4n) is 2.10. The van der Waals surface area contributed by atoms with Crippen LogP contribution in [0.5, 0.6) is 0 Å². The maximum absolute atomic E-state index is 12.4. The summed E-state index contributed by atoms with van der Waals surface area (Å²) in [5, 5.41) is 10.7. The molecule has 1 aliphatic rings. The first-order valence-corrected chi connectivity index (χ1v) is 8.42. The Hall–Kier alpha value is -0.740. The highest BCUT2D eigenvalue weighted by Gasteiger charge is 2.35. The SMILES string of the molecule is COCC1CCN(S(=O)(=O)c2cc([N+](=O)[O-])c(Cl)s2)C1. The molecule has 1 aliphatic heterocycles. The summed E-state index contributed by atoms with van der Waals surface area (Å²) in [7, 11) is -2.15. The van der Waals surface area contributed by atoms with Crippen molar-refractivity contribution < 1.29 is 18.1 Å². The Labute approximate surface area is 125 Å². The molecule has 0 N–H and O–H groups in total. The number of methoxy groups -OCH3 is 1. The molecule has 1 unspecified atom stereocenters. The average Bonchev–Trinajstić information content (AvgIpc) is 2.96. The lowest BCUT2D eigenvalue weighted by molar-refractivity contribution is -0.384. The quantitative estimate of drug-likeness (QED) is 0.603. The molecule has 0 saturated carbocycles. The van der Waals surface area contributed by atoms with Gasteiger partial charge < -0.3 is 4.74 Å². The fraction of sp³-hybridized carbons (Fsp3) is 0.600. The van der Waals surface area contributed by atoms with Crippen molar-refractivity contribution in [3.8, 4) is 0 Å². The smallest absolute Gasteiger partial charge is 0.300 e. The van der Waals surface area contributed by atoms with Crippen LogP contribution in [0.2, 0.25) is 4.34 Å². The predicted molar refractivity (Wildman–Crippen MR) is 74.7 cm³/mol. The van der Waals surface area contributed by atoms with Gasteiger partial charge in [-0.1, -0.05) is 11.6 Å². The largest absolute Gasteiger partial charge is 0.384 e. The molecule has 1 saturated heterocycles. The highest BCUT2D eigenvalue weighted by Crippen LogP contribution is 2.38. The van der Waals surface area contributed by atoms with E-state index in [0.717, 1.165) is 6.07 Å². The summed E-state index contributed by atoms with van der Waals surface area (Å²) in [5.74, 6) is 0.153. The zero-order chi connectivity index (χ0) is 14.9. The monoisotopic (exact) mass is 340 g/mol. The minimum atomic E-state index is -3.72. The molecule has 2 rings (SSSR count). The standard InChI is InChI=1S/C10H13ClN2O5S2/c1-18-6-7-2-3-12(5-7)20(16,17)9-4-8(13(14)15)10(11)19-9/h4,7H,2-3,5-6H2,1H3. The Morgan fingerprint density at radius 1 is 1.65 bits per heavy atom. The van der Waals surface area contributed by atoms with Crippen molar-refractivity contribution in [2.24, 2.45) is 5.92 Å². The minimum absolute atomic E-state index is 0.0905. The molecular formula is C10H13ClN2O5S2. The van der Waals surface area contributed by atoms with E-state index in [-0.39, 0.29) is 20.2 Å². The highest BCUT2D eigenvalue weighted by molar-refractivity contribution is 7.91. The molecule has 2 heterocycles. The minimum Gasteiger partial charge on any atom is -0.384 e. The van der Waals surface area contributed by atoms with Gasteiger partial charge in [0.2, 0.25) is 0 Å². The number of halogens is 1. The van der Waals surface area contributed by atoms with Gasteiger partial charge in [0.1, 0.15) is 4.21 Å². The molecule has 20 heavy (non-hydrogen) atoms. The molecule has 0 spiro atoms. The zero-order valence-corrected chi connectivity index (χ0v) is 13.0. The molecule has 1 fully saturated rings. The van der Waals surface area contributed by atoms with E-state index < -0.39 is 14.9 Å². The van der Waals surface area contributed by atoms with Crippen LogP contribution in [-0.4, -0.2) is 44.5 Å². The van der Waals surface area contributed by atoms with Gasteiger partial charge in [0.25, 0.3) is 15.7 Å². The van der Waals surface area contributed by atoms with Crippen molar-refractivity contribution in [3.05, 3.63) is 20.5 Å². The van der Waals surface area contributed by atoms with E-state index in [9.17, 15) is 18.5 Å². The number of sulfonamides is 1. The van der Waals surface area contributed by atoms with Gasteiger partial charge in [-0.2, -0.15) is 4.31 Å². The second-order valence-corrected chi connectivity index (χ2v) is 8.27. The van der Waals surface area contributed by atoms with Crippen molar-refractivity contribution >= 4 is 38.6 Å². The van der Waals surface area contributed by atoms with Crippen LogP contribution in [0.15, 0.2) is 10.3 Å². The van der Waals surface area contributed by atoms with E-state index in [2.05, 4.69) is 0 Å². The van der Waals surface area contributed by atoms with E-state index in [1.807, 2.05) is 0 Å². The maximum Gasteiger partial charge on any atom is 0.300 e. The molecule has 1 atom stereocenters. The predicted octanol–water partition coefficient (Wildman–Crippen LogP) is 1.97. The Bertz CT molecular complexity index is 615. The Morgan fingerprint density at radius 3 is 2.90 bits per heavy atom. The third kappa shape index (κ3) is 2.96. The molecule has 0 aliphatic carbocycles. The van der Waals surface area contributed by atoms with Gasteiger partial charge in [0.15, 0.2) is 4.34 Å². The molecule has 10 heteroatoms. The highest BCUT2D eigenvalue weighted by atomic mass is 35.5. The van der Waals surface area contributed by atoms with Crippen LogP contribution >= 0.6 is 22.9 Å². The molecule has 1 aromatic rings. The van der Waals surface area contributed by atoms with Crippen molar-refractivity contribution in [2.75, 3.05) is 26.8 Å². The molecule has 0 aromatic carbocycles. The van der Waals surface area contributed by atoms with E-state index in [0.29, 0.717) is 37.5 Å². The molecule has 112 valence electrons. The Morgan fingerprint density at radius 2 is 2.35 bits per heavy atom. The topological polar surface area (TPSA) is 89.8 Å². The number of rotatable bonds is 5. The van der Waals surface area contributed by atoms with Gasteiger partial charge >= 0.3 is 0 Å². The first kappa shape index (κ1) is 15.6. The van der Waals surface area contributed by atoms with Crippen LogP contribution in [0.25, 0.3) is 0 Å². The van der Waals surface area contributed by atoms with Gasteiger partial charge in [0.05, 0.1) is 11.5 Å². The average molecular weight is 341 g/mol. The van der Waals surface area contributed by atoms with Crippen LogP contribution in [0.3, 0.4) is 0 Å². The van der Waals surface area contributed by atoms with Crippen molar-refractivity contribution in [1.29, 1.82) is 0 Å². The first-order valence-electron chi connectivity index (χ1n) is 5.79. The lowest BCUT2D eigenvalue weighted by atomic mass is 10.1. The second kappa shape index (κ2) is 5.94. The third-order valence-corrected chi connectivity index (χ3v) is 6.74. The van der Waals surface area contributed by atoms with E-state index >= 15 is 0 Å². The molecule has 7 nitrogen and oxygen atoms in total. The summed E-state index contributed by atoms with van der Waals surface area (Å²) in [6.07, 6.45) is 0.717. The van der Waals surface area contributed by atoms with E-state index in [1.165, 1.54) is 4.31 Å². The lowest BCUT2D eigenvalue weighted by Crippen LogP contribution is -2.28. The van der Waals surface area contributed by atoms with Gasteiger partial charge in [-0.25, -0.2) is 8.42 Å². The van der Waals surface area contributed by atoms with Gasteiger partial charge in [-0.15, -0.1) is 11.3 Å². The summed E-state index contributed by atoms with van der Waals surface area (Å²) in [6, 6.07) is 1.02. The number of ether oxygens (including phenoxy) is 1.